The number of hydrogen-bond acceptors (Lipinski definition) is 6. The number of hydrogen-bond donors (Lipinski definition) is 0. The highest BCUT2D eigenvalue weighted by Gasteiger charge is 2.19. The maximum atomic E-state index is 12.8. The lowest BCUT2D eigenvalue weighted by atomic mass is 10.0. The predicted molar refractivity (Wildman–Crippen MR) is 261 cm³/mol. The van der Waals surface area contributed by atoms with Gasteiger partial charge in [0.05, 0.1) is 0 Å². The maximum Gasteiger partial charge on any atom is 0.306 e. The summed E-state index contributed by atoms with van der Waals surface area (Å²) in [5.74, 6) is 0.813. The molecule has 0 rings (SSSR count). The minimum atomic E-state index is -0.762. The van der Waals surface area contributed by atoms with E-state index in [9.17, 15) is 14.4 Å². The smallest absolute Gasteiger partial charge is 0.306 e. The highest BCUT2D eigenvalue weighted by molar-refractivity contribution is 5.71. The zero-order valence-corrected chi connectivity index (χ0v) is 41.8. The number of unbranched alkanes of at least 4 members (excludes halogenated alkanes) is 34. The van der Waals surface area contributed by atoms with E-state index in [0.717, 1.165) is 69.6 Å². The number of ether oxygens (including phenoxy) is 3. The number of carbonyl (C=O) groups excluding carboxylic acids is 3. The van der Waals surface area contributed by atoms with Crippen molar-refractivity contribution in [2.45, 2.75) is 310 Å². The van der Waals surface area contributed by atoms with Gasteiger partial charge in [-0.25, -0.2) is 0 Å². The summed E-state index contributed by atoms with van der Waals surface area (Å²) < 4.78 is 16.8. The second kappa shape index (κ2) is 47.9. The summed E-state index contributed by atoms with van der Waals surface area (Å²) in [6.07, 6.45) is 49.4. The normalized spacial score (nSPS) is 12.0. The summed E-state index contributed by atoms with van der Waals surface area (Å²) >= 11 is 0. The first-order valence-corrected chi connectivity index (χ1v) is 27.2. The van der Waals surface area contributed by atoms with Gasteiger partial charge in [-0.2, -0.15) is 0 Å². The third-order valence-electron chi connectivity index (χ3n) is 12.5. The maximum absolute atomic E-state index is 12.8. The molecular formula is C55H106O6. The highest BCUT2D eigenvalue weighted by atomic mass is 16.6. The van der Waals surface area contributed by atoms with Gasteiger partial charge in [0.2, 0.25) is 0 Å². The van der Waals surface area contributed by atoms with Crippen molar-refractivity contribution in [3.05, 3.63) is 0 Å². The van der Waals surface area contributed by atoms with Crippen molar-refractivity contribution in [1.29, 1.82) is 0 Å². The van der Waals surface area contributed by atoms with Gasteiger partial charge in [0, 0.05) is 19.3 Å². The van der Waals surface area contributed by atoms with E-state index in [-0.39, 0.29) is 31.1 Å². The van der Waals surface area contributed by atoms with Gasteiger partial charge in [-0.05, 0) is 31.1 Å². The zero-order valence-electron chi connectivity index (χ0n) is 41.8. The second-order valence-electron chi connectivity index (χ2n) is 19.8. The van der Waals surface area contributed by atoms with E-state index >= 15 is 0 Å². The molecule has 0 aromatic carbocycles. The molecule has 0 aliphatic rings. The van der Waals surface area contributed by atoms with Crippen molar-refractivity contribution in [2.75, 3.05) is 13.2 Å². The van der Waals surface area contributed by atoms with Crippen LogP contribution in [0.2, 0.25) is 0 Å². The summed E-state index contributed by atoms with van der Waals surface area (Å²) in [5, 5.41) is 0. The first kappa shape index (κ1) is 59.4. The van der Waals surface area contributed by atoms with E-state index in [1.807, 2.05) is 0 Å². The van der Waals surface area contributed by atoms with Crippen LogP contribution in [0.3, 0.4) is 0 Å². The molecule has 0 heterocycles. The minimum Gasteiger partial charge on any atom is -0.462 e. The van der Waals surface area contributed by atoms with E-state index in [1.54, 1.807) is 0 Å². The molecule has 0 N–H and O–H groups in total. The minimum absolute atomic E-state index is 0.0632. The van der Waals surface area contributed by atoms with Crippen LogP contribution in [0.25, 0.3) is 0 Å². The Kier molecular flexibility index (Phi) is 46.6. The zero-order chi connectivity index (χ0) is 44.7. The van der Waals surface area contributed by atoms with Gasteiger partial charge in [-0.3, -0.25) is 14.4 Å². The predicted octanol–water partition coefficient (Wildman–Crippen LogP) is 17.7. The van der Waals surface area contributed by atoms with Gasteiger partial charge in [0.1, 0.15) is 13.2 Å². The van der Waals surface area contributed by atoms with Crippen molar-refractivity contribution in [3.8, 4) is 0 Å². The molecule has 0 fully saturated rings. The average molecular weight is 863 g/mol. The Labute approximate surface area is 380 Å². The van der Waals surface area contributed by atoms with Crippen LogP contribution in [0.5, 0.6) is 0 Å². The first-order chi connectivity index (χ1) is 29.7. The summed E-state index contributed by atoms with van der Waals surface area (Å²) in [4.78, 5) is 38.0. The van der Waals surface area contributed by atoms with Gasteiger partial charge in [0.25, 0.3) is 0 Å². The molecule has 6 heteroatoms. The Morgan fingerprint density at radius 1 is 0.311 bits per heavy atom. The molecule has 0 radical (unpaired) electrons. The molecule has 1 atom stereocenters. The van der Waals surface area contributed by atoms with Crippen molar-refractivity contribution < 1.29 is 28.6 Å². The van der Waals surface area contributed by atoms with Gasteiger partial charge >= 0.3 is 17.9 Å². The molecule has 0 spiro atoms. The molecule has 362 valence electrons. The molecule has 0 saturated carbocycles. The Bertz CT molecular complexity index is 931. The van der Waals surface area contributed by atoms with Crippen LogP contribution in [0.1, 0.15) is 304 Å². The number of esters is 3. The molecule has 61 heavy (non-hydrogen) atoms. The fraction of sp³-hybridized carbons (Fsp3) is 0.945. The van der Waals surface area contributed by atoms with Crippen LogP contribution in [0.15, 0.2) is 0 Å². The molecule has 0 bridgehead atoms. The van der Waals surface area contributed by atoms with Crippen LogP contribution in [0, 0.1) is 11.8 Å². The monoisotopic (exact) mass is 863 g/mol. The van der Waals surface area contributed by atoms with Crippen molar-refractivity contribution in [1.82, 2.24) is 0 Å². The van der Waals surface area contributed by atoms with E-state index in [4.69, 9.17) is 14.2 Å². The summed E-state index contributed by atoms with van der Waals surface area (Å²) in [6, 6.07) is 0. The first-order valence-electron chi connectivity index (χ1n) is 27.2. The topological polar surface area (TPSA) is 78.9 Å². The number of carbonyl (C=O) groups is 3. The average Bonchev–Trinajstić information content (AvgIpc) is 3.23. The fourth-order valence-electron chi connectivity index (χ4n) is 8.34. The third-order valence-corrected chi connectivity index (χ3v) is 12.5. The van der Waals surface area contributed by atoms with Crippen LogP contribution >= 0.6 is 0 Å². The van der Waals surface area contributed by atoms with Crippen LogP contribution in [0.4, 0.5) is 0 Å². The summed E-state index contributed by atoms with van der Waals surface area (Å²) in [6.45, 7) is 11.4. The lowest BCUT2D eigenvalue weighted by Crippen LogP contribution is -2.30. The van der Waals surface area contributed by atoms with Crippen molar-refractivity contribution in [3.63, 3.8) is 0 Å². The SMILES string of the molecule is CCCCCCCCCCCCCCCCC(=O)OC[C@@H](COC(=O)CCCCCCCCCCCCC(C)C)OC(=O)CCCCCCCCCCCCCCCC(C)C. The molecule has 0 aliphatic heterocycles. The molecule has 0 saturated heterocycles. The van der Waals surface area contributed by atoms with Gasteiger partial charge < -0.3 is 14.2 Å². The summed E-state index contributed by atoms with van der Waals surface area (Å²) in [5.41, 5.74) is 0. The van der Waals surface area contributed by atoms with Gasteiger partial charge in [0.15, 0.2) is 6.10 Å². The quantitative estimate of drug-likeness (QED) is 0.0344. The Balaban J connectivity index is 4.31. The lowest BCUT2D eigenvalue weighted by Gasteiger charge is -2.18. The Morgan fingerprint density at radius 2 is 0.541 bits per heavy atom. The van der Waals surface area contributed by atoms with Crippen LogP contribution < -0.4 is 0 Å². The molecule has 0 unspecified atom stereocenters. The molecule has 0 aromatic rings. The second-order valence-corrected chi connectivity index (χ2v) is 19.8. The molecule has 0 aliphatic carbocycles. The number of rotatable bonds is 49. The Morgan fingerprint density at radius 3 is 0.803 bits per heavy atom. The van der Waals surface area contributed by atoms with Crippen molar-refractivity contribution in [2.24, 2.45) is 11.8 Å². The van der Waals surface area contributed by atoms with Crippen molar-refractivity contribution >= 4 is 17.9 Å². The molecular weight excluding hydrogens is 757 g/mol. The Hall–Kier alpha value is -1.59. The van der Waals surface area contributed by atoms with E-state index in [2.05, 4.69) is 34.6 Å². The van der Waals surface area contributed by atoms with Crippen LogP contribution in [-0.4, -0.2) is 37.2 Å². The van der Waals surface area contributed by atoms with Gasteiger partial charge in [-0.1, -0.05) is 266 Å². The third kappa shape index (κ3) is 49.3. The lowest BCUT2D eigenvalue weighted by molar-refractivity contribution is -0.167. The van der Waals surface area contributed by atoms with E-state index < -0.39 is 6.10 Å². The standard InChI is InChI=1S/C55H106O6/c1-6-7-8-9-10-11-12-13-16-19-25-30-35-40-45-53(56)59-48-52(49-60-54(57)46-41-36-31-26-22-21-24-29-34-39-44-51(4)5)61-55(58)47-42-37-32-27-20-17-14-15-18-23-28-33-38-43-50(2)3/h50-52H,6-49H2,1-5H3/t52-/m0/s1. The largest absolute Gasteiger partial charge is 0.462 e. The molecule has 6 nitrogen and oxygen atoms in total. The molecule has 0 aromatic heterocycles. The fourth-order valence-corrected chi connectivity index (χ4v) is 8.34. The highest BCUT2D eigenvalue weighted by Crippen LogP contribution is 2.18. The van der Waals surface area contributed by atoms with E-state index in [0.29, 0.717) is 19.3 Å². The van der Waals surface area contributed by atoms with Crippen LogP contribution in [-0.2, 0) is 28.6 Å². The summed E-state index contributed by atoms with van der Waals surface area (Å²) in [7, 11) is 0. The molecule has 0 amide bonds. The van der Waals surface area contributed by atoms with Gasteiger partial charge in [-0.15, -0.1) is 0 Å². The van der Waals surface area contributed by atoms with E-state index in [1.165, 1.54) is 193 Å².